The van der Waals surface area contributed by atoms with Crippen molar-refractivity contribution in [1.82, 2.24) is 19.8 Å². The van der Waals surface area contributed by atoms with E-state index >= 15 is 0 Å². The number of carbonyl (C=O) groups excluding carboxylic acids is 1. The number of anilines is 1. The van der Waals surface area contributed by atoms with Gasteiger partial charge in [0.25, 0.3) is 0 Å². The summed E-state index contributed by atoms with van der Waals surface area (Å²) in [7, 11) is 0. The molecule has 1 aliphatic rings. The van der Waals surface area contributed by atoms with E-state index in [1.54, 1.807) is 0 Å². The highest BCUT2D eigenvalue weighted by molar-refractivity contribution is 9.10. The van der Waals surface area contributed by atoms with E-state index in [1.807, 2.05) is 60.8 Å². The highest BCUT2D eigenvalue weighted by Gasteiger charge is 2.41. The van der Waals surface area contributed by atoms with Gasteiger partial charge in [-0.15, -0.1) is 0 Å². The Labute approximate surface area is 243 Å². The smallest absolute Gasteiger partial charge is 0.226 e. The predicted molar refractivity (Wildman–Crippen MR) is 164 cm³/mol. The summed E-state index contributed by atoms with van der Waals surface area (Å²) in [6.07, 6.45) is 2.98. The first-order chi connectivity index (χ1) is 18.9. The summed E-state index contributed by atoms with van der Waals surface area (Å²) in [6, 6.07) is 24.1. The van der Waals surface area contributed by atoms with Gasteiger partial charge in [-0.1, -0.05) is 43.3 Å². The van der Waals surface area contributed by atoms with Crippen molar-refractivity contribution >= 4 is 44.9 Å². The maximum atomic E-state index is 13.1. The molecule has 0 bridgehead atoms. The van der Waals surface area contributed by atoms with Crippen LogP contribution in [0.4, 0.5) is 5.69 Å². The third-order valence-corrected chi connectivity index (χ3v) is 8.36. The second kappa shape index (κ2) is 11.7. The molecule has 0 saturated carbocycles. The van der Waals surface area contributed by atoms with Crippen molar-refractivity contribution in [1.29, 1.82) is 0 Å². The quantitative estimate of drug-likeness (QED) is 0.217. The SMILES string of the molecule is CCc1ccccc1NC(=O)CCN1C(=S)N[C@H](c2ccccn2)[C@H]1c1cc(C)n(-c2ccccc2Br)c1C. The molecule has 2 N–H and O–H groups in total. The predicted octanol–water partition coefficient (Wildman–Crippen LogP) is 6.82. The molecule has 1 aliphatic heterocycles. The lowest BCUT2D eigenvalue weighted by atomic mass is 9.96. The van der Waals surface area contributed by atoms with Crippen molar-refractivity contribution < 1.29 is 4.79 Å². The van der Waals surface area contributed by atoms with Crippen LogP contribution < -0.4 is 10.6 Å². The van der Waals surface area contributed by atoms with Crippen LogP contribution >= 0.6 is 28.1 Å². The standard InChI is InChI=1S/C31H32BrN5OS/c1-4-22-11-5-7-13-25(22)34-28(38)16-18-36-30(29(35-31(36)39)26-14-9-10-17-33-26)23-19-20(2)37(21(23)3)27-15-8-6-12-24(27)32/h5-15,17,19,29-30H,4,16,18H2,1-3H3,(H,34,38)(H,35,39)/t29-,30-/m1/s1. The highest BCUT2D eigenvalue weighted by Crippen LogP contribution is 2.42. The third kappa shape index (κ3) is 5.49. The number of carbonyl (C=O) groups is 1. The van der Waals surface area contributed by atoms with Crippen molar-refractivity contribution in [3.63, 3.8) is 0 Å². The summed E-state index contributed by atoms with van der Waals surface area (Å²) in [5.74, 6) is -0.0302. The first kappa shape index (κ1) is 27.1. The number of thiocarbonyl (C=S) groups is 1. The highest BCUT2D eigenvalue weighted by atomic mass is 79.9. The summed E-state index contributed by atoms with van der Waals surface area (Å²) in [5, 5.41) is 7.24. The van der Waals surface area contributed by atoms with Crippen LogP contribution in [0.25, 0.3) is 5.69 Å². The van der Waals surface area contributed by atoms with E-state index in [2.05, 4.69) is 80.0 Å². The van der Waals surface area contributed by atoms with E-state index in [9.17, 15) is 4.79 Å². The van der Waals surface area contributed by atoms with Crippen LogP contribution in [0.1, 0.15) is 53.6 Å². The molecular formula is C31H32BrN5OS. The average molecular weight is 603 g/mol. The van der Waals surface area contributed by atoms with E-state index in [4.69, 9.17) is 12.2 Å². The molecule has 6 nitrogen and oxygen atoms in total. The Bertz CT molecular complexity index is 1500. The lowest BCUT2D eigenvalue weighted by molar-refractivity contribution is -0.116. The van der Waals surface area contributed by atoms with Crippen molar-refractivity contribution in [3.8, 4) is 5.69 Å². The summed E-state index contributed by atoms with van der Waals surface area (Å²) in [6.45, 7) is 6.84. The number of nitrogens with one attached hydrogen (secondary N) is 2. The number of halogens is 1. The Balaban J connectivity index is 1.47. The van der Waals surface area contributed by atoms with Crippen molar-refractivity contribution in [2.45, 2.75) is 45.7 Å². The first-order valence-corrected chi connectivity index (χ1v) is 14.4. The second-order valence-corrected chi connectivity index (χ2v) is 11.0. The molecule has 0 unspecified atom stereocenters. The zero-order valence-electron chi connectivity index (χ0n) is 22.3. The molecule has 2 aromatic heterocycles. The van der Waals surface area contributed by atoms with Gasteiger partial charge in [0.05, 0.1) is 23.5 Å². The largest absolute Gasteiger partial charge is 0.352 e. The van der Waals surface area contributed by atoms with E-state index in [0.29, 0.717) is 18.1 Å². The number of benzene rings is 2. The summed E-state index contributed by atoms with van der Waals surface area (Å²) < 4.78 is 3.30. The lowest BCUT2D eigenvalue weighted by Crippen LogP contribution is -2.33. The van der Waals surface area contributed by atoms with Gasteiger partial charge in [0.2, 0.25) is 5.91 Å². The minimum atomic E-state index is -0.143. The number of nitrogens with zero attached hydrogens (tertiary/aromatic N) is 3. The molecule has 39 heavy (non-hydrogen) atoms. The van der Waals surface area contributed by atoms with Gasteiger partial charge >= 0.3 is 0 Å². The van der Waals surface area contributed by atoms with Crippen LogP contribution in [-0.2, 0) is 11.2 Å². The Kier molecular flexibility index (Phi) is 8.14. The molecule has 1 fully saturated rings. The van der Waals surface area contributed by atoms with Crippen LogP contribution in [0.5, 0.6) is 0 Å². The topological polar surface area (TPSA) is 62.2 Å². The van der Waals surface area contributed by atoms with E-state index in [-0.39, 0.29) is 18.0 Å². The Morgan fingerprint density at radius 2 is 1.82 bits per heavy atom. The average Bonchev–Trinajstić information content (AvgIpc) is 3.42. The first-order valence-electron chi connectivity index (χ1n) is 13.2. The molecule has 8 heteroatoms. The number of rotatable bonds is 8. The molecule has 5 rings (SSSR count). The third-order valence-electron chi connectivity index (χ3n) is 7.33. The van der Waals surface area contributed by atoms with Gasteiger partial charge in [-0.25, -0.2) is 0 Å². The molecule has 1 amide bonds. The minimum Gasteiger partial charge on any atom is -0.352 e. The van der Waals surface area contributed by atoms with Crippen molar-refractivity contribution in [2.24, 2.45) is 0 Å². The second-order valence-electron chi connectivity index (χ2n) is 9.74. The Hall–Kier alpha value is -3.49. The van der Waals surface area contributed by atoms with Crippen LogP contribution in [-0.4, -0.2) is 32.0 Å². The van der Waals surface area contributed by atoms with Crippen LogP contribution in [0.15, 0.2) is 83.5 Å². The van der Waals surface area contributed by atoms with Gasteiger partial charge in [-0.3, -0.25) is 9.78 Å². The van der Waals surface area contributed by atoms with Gasteiger partial charge in [-0.2, -0.15) is 0 Å². The van der Waals surface area contributed by atoms with Crippen LogP contribution in [0.2, 0.25) is 0 Å². The minimum absolute atomic E-state index is 0.0302. The summed E-state index contributed by atoms with van der Waals surface area (Å²) in [5.41, 5.74) is 7.40. The fourth-order valence-electron chi connectivity index (χ4n) is 5.46. The summed E-state index contributed by atoms with van der Waals surface area (Å²) in [4.78, 5) is 19.9. The number of aryl methyl sites for hydroxylation is 2. The molecule has 0 spiro atoms. The molecule has 2 aromatic carbocycles. The van der Waals surface area contributed by atoms with E-state index < -0.39 is 0 Å². The molecule has 3 heterocycles. The molecule has 1 saturated heterocycles. The maximum Gasteiger partial charge on any atom is 0.226 e. The van der Waals surface area contributed by atoms with Gasteiger partial charge in [0.1, 0.15) is 0 Å². The fourth-order valence-corrected chi connectivity index (χ4v) is 6.25. The van der Waals surface area contributed by atoms with Gasteiger partial charge in [-0.05, 0) is 95.9 Å². The summed E-state index contributed by atoms with van der Waals surface area (Å²) >= 11 is 9.58. The Morgan fingerprint density at radius 1 is 1.08 bits per heavy atom. The molecule has 0 aliphatic carbocycles. The fraction of sp³-hybridized carbons (Fsp3) is 0.258. The number of hydrogen-bond donors (Lipinski definition) is 2. The number of pyridine rings is 1. The zero-order valence-corrected chi connectivity index (χ0v) is 24.7. The number of amides is 1. The molecule has 4 aromatic rings. The monoisotopic (exact) mass is 601 g/mol. The number of para-hydroxylation sites is 2. The zero-order chi connectivity index (χ0) is 27.5. The Morgan fingerprint density at radius 3 is 2.56 bits per heavy atom. The van der Waals surface area contributed by atoms with E-state index in [0.717, 1.165) is 50.5 Å². The molecule has 0 radical (unpaired) electrons. The van der Waals surface area contributed by atoms with Gasteiger partial charge < -0.3 is 20.1 Å². The maximum absolute atomic E-state index is 13.1. The van der Waals surface area contributed by atoms with Gasteiger partial charge in [0.15, 0.2) is 5.11 Å². The number of aromatic nitrogens is 2. The van der Waals surface area contributed by atoms with Crippen molar-refractivity contribution in [2.75, 3.05) is 11.9 Å². The molecular weight excluding hydrogens is 570 g/mol. The normalized spacial score (nSPS) is 16.8. The van der Waals surface area contributed by atoms with Gasteiger partial charge in [0, 0.05) is 40.7 Å². The van der Waals surface area contributed by atoms with Crippen molar-refractivity contribution in [3.05, 3.63) is 112 Å². The number of hydrogen-bond acceptors (Lipinski definition) is 3. The van der Waals surface area contributed by atoms with Crippen LogP contribution in [0, 0.1) is 13.8 Å². The lowest BCUT2D eigenvalue weighted by Gasteiger charge is -2.28. The van der Waals surface area contributed by atoms with E-state index in [1.165, 1.54) is 0 Å². The molecule has 2 atom stereocenters. The molecule has 200 valence electrons. The van der Waals surface area contributed by atoms with Crippen LogP contribution in [0.3, 0.4) is 0 Å².